The van der Waals surface area contributed by atoms with Crippen LogP contribution in [0.4, 0.5) is 0 Å². The van der Waals surface area contributed by atoms with Crippen molar-refractivity contribution in [3.63, 3.8) is 0 Å². The second kappa shape index (κ2) is 7.82. The van der Waals surface area contributed by atoms with Crippen molar-refractivity contribution in [1.82, 2.24) is 0 Å². The van der Waals surface area contributed by atoms with Gasteiger partial charge in [-0.3, -0.25) is 4.79 Å². The van der Waals surface area contributed by atoms with E-state index < -0.39 is 29.6 Å². The molecule has 0 aliphatic carbocycles. The normalized spacial score (nSPS) is 14.1. The molecule has 0 aromatic heterocycles. The lowest BCUT2D eigenvalue weighted by Crippen LogP contribution is -2.37. The van der Waals surface area contributed by atoms with Gasteiger partial charge in [-0.25, -0.2) is 4.79 Å². The van der Waals surface area contributed by atoms with Crippen LogP contribution in [0, 0.1) is 5.41 Å². The van der Waals surface area contributed by atoms with Gasteiger partial charge < -0.3 is 14.3 Å². The average Bonchev–Trinajstić information content (AvgIpc) is 2.37. The molecule has 0 heterocycles. The molecule has 0 bridgehead atoms. The molecule has 0 N–H and O–H groups in total. The third-order valence-electron chi connectivity index (χ3n) is 3.19. The van der Waals surface area contributed by atoms with E-state index in [2.05, 4.69) is 6.58 Å². The van der Waals surface area contributed by atoms with Crippen LogP contribution < -0.4 is 0 Å². The molecule has 0 aliphatic heterocycles. The van der Waals surface area contributed by atoms with E-state index in [-0.39, 0.29) is 12.0 Å². The Hall–Kier alpha value is -1.65. The summed E-state index contributed by atoms with van der Waals surface area (Å²) < 4.78 is 10.4. The van der Waals surface area contributed by atoms with E-state index in [4.69, 9.17) is 9.47 Å². The molecular weight excluding hydrogens is 260 g/mol. The summed E-state index contributed by atoms with van der Waals surface area (Å²) in [6.07, 6.45) is -0.257. The molecule has 0 radical (unpaired) electrons. The van der Waals surface area contributed by atoms with Crippen LogP contribution in [0.2, 0.25) is 0 Å². The highest BCUT2D eigenvalue weighted by molar-refractivity contribution is 5.87. The van der Waals surface area contributed by atoms with Gasteiger partial charge in [-0.1, -0.05) is 13.5 Å². The molecule has 0 aliphatic rings. The maximum Gasteiger partial charge on any atom is 0.333 e. The molecule has 2 unspecified atom stereocenters. The number of rotatable bonds is 8. The highest BCUT2D eigenvalue weighted by atomic mass is 16.6. The second-order valence-corrected chi connectivity index (χ2v) is 5.47. The Bertz CT molecular complexity index is 384. The van der Waals surface area contributed by atoms with E-state index in [1.807, 2.05) is 6.92 Å². The van der Waals surface area contributed by atoms with Gasteiger partial charge in [0.15, 0.2) is 0 Å². The molecule has 5 nitrogen and oxygen atoms in total. The fourth-order valence-electron chi connectivity index (χ4n) is 1.22. The topological polar surface area (TPSA) is 69.7 Å². The molecule has 20 heavy (non-hydrogen) atoms. The number of hydrogen-bond donors (Lipinski definition) is 0. The molecule has 0 saturated carbocycles. The van der Waals surface area contributed by atoms with Crippen molar-refractivity contribution in [3.05, 3.63) is 12.2 Å². The summed E-state index contributed by atoms with van der Waals surface area (Å²) in [6.45, 7) is 12.0. The molecule has 0 spiro atoms. The van der Waals surface area contributed by atoms with Crippen molar-refractivity contribution in [2.75, 3.05) is 0 Å². The molecule has 0 amide bonds. The molecule has 0 aromatic carbocycles. The van der Waals surface area contributed by atoms with Crippen LogP contribution in [0.25, 0.3) is 0 Å². The maximum absolute atomic E-state index is 12.0. The lowest BCUT2D eigenvalue weighted by Gasteiger charge is -2.27. The fourth-order valence-corrected chi connectivity index (χ4v) is 1.22. The quantitative estimate of drug-likeness (QED) is 0.389. The van der Waals surface area contributed by atoms with Gasteiger partial charge in [0.05, 0.1) is 5.41 Å². The van der Waals surface area contributed by atoms with Gasteiger partial charge in [0.1, 0.15) is 18.5 Å². The van der Waals surface area contributed by atoms with Crippen LogP contribution in [-0.2, 0) is 23.9 Å². The number of ether oxygens (including phenoxy) is 2. The van der Waals surface area contributed by atoms with Crippen molar-refractivity contribution in [2.45, 2.75) is 59.7 Å². The first-order chi connectivity index (χ1) is 9.15. The first-order valence-electron chi connectivity index (χ1n) is 6.66. The molecule has 0 fully saturated rings. The SMILES string of the molecule is C=C(C)C(=O)OC(C)C(CC=O)OC(=O)C(C)(C)CC. The van der Waals surface area contributed by atoms with Gasteiger partial charge >= 0.3 is 11.9 Å². The third kappa shape index (κ3) is 5.55. The largest absolute Gasteiger partial charge is 0.458 e. The Morgan fingerprint density at radius 1 is 1.30 bits per heavy atom. The van der Waals surface area contributed by atoms with Crippen molar-refractivity contribution >= 4 is 18.2 Å². The summed E-state index contributed by atoms with van der Waals surface area (Å²) in [5, 5.41) is 0. The lowest BCUT2D eigenvalue weighted by molar-refractivity contribution is -0.172. The number of hydrogen-bond acceptors (Lipinski definition) is 5. The first kappa shape index (κ1) is 18.4. The third-order valence-corrected chi connectivity index (χ3v) is 3.19. The van der Waals surface area contributed by atoms with E-state index in [9.17, 15) is 14.4 Å². The van der Waals surface area contributed by atoms with Crippen LogP contribution in [0.1, 0.15) is 47.5 Å². The van der Waals surface area contributed by atoms with E-state index >= 15 is 0 Å². The van der Waals surface area contributed by atoms with Gasteiger partial charge in [-0.2, -0.15) is 0 Å². The van der Waals surface area contributed by atoms with Crippen LogP contribution in [0.3, 0.4) is 0 Å². The number of aldehydes is 1. The summed E-state index contributed by atoms with van der Waals surface area (Å²) in [6, 6.07) is 0. The van der Waals surface area contributed by atoms with Crippen LogP contribution in [0.5, 0.6) is 0 Å². The number of esters is 2. The van der Waals surface area contributed by atoms with Gasteiger partial charge in [0.25, 0.3) is 0 Å². The minimum Gasteiger partial charge on any atom is -0.458 e. The van der Waals surface area contributed by atoms with Gasteiger partial charge in [-0.15, -0.1) is 0 Å². The highest BCUT2D eigenvalue weighted by Gasteiger charge is 2.32. The summed E-state index contributed by atoms with van der Waals surface area (Å²) >= 11 is 0. The Balaban J connectivity index is 4.80. The van der Waals surface area contributed by atoms with Crippen molar-refractivity contribution in [3.8, 4) is 0 Å². The van der Waals surface area contributed by atoms with Gasteiger partial charge in [0.2, 0.25) is 0 Å². The van der Waals surface area contributed by atoms with Crippen molar-refractivity contribution < 1.29 is 23.9 Å². The Morgan fingerprint density at radius 2 is 1.85 bits per heavy atom. The van der Waals surface area contributed by atoms with E-state index in [0.717, 1.165) is 0 Å². The zero-order valence-corrected chi connectivity index (χ0v) is 12.9. The van der Waals surface area contributed by atoms with Crippen LogP contribution >= 0.6 is 0 Å². The maximum atomic E-state index is 12.0. The molecule has 2 atom stereocenters. The Morgan fingerprint density at radius 3 is 2.25 bits per heavy atom. The fraction of sp³-hybridized carbons (Fsp3) is 0.667. The smallest absolute Gasteiger partial charge is 0.333 e. The molecule has 0 aromatic rings. The van der Waals surface area contributed by atoms with E-state index in [0.29, 0.717) is 12.7 Å². The highest BCUT2D eigenvalue weighted by Crippen LogP contribution is 2.23. The van der Waals surface area contributed by atoms with E-state index in [1.165, 1.54) is 6.92 Å². The van der Waals surface area contributed by atoms with E-state index in [1.54, 1.807) is 20.8 Å². The average molecular weight is 284 g/mol. The molecule has 5 heteroatoms. The summed E-state index contributed by atoms with van der Waals surface area (Å²) in [5.41, 5.74) is -0.388. The predicted octanol–water partition coefficient (Wildman–Crippen LogP) is 2.43. The zero-order chi connectivity index (χ0) is 15.9. The van der Waals surface area contributed by atoms with Gasteiger partial charge in [0, 0.05) is 12.0 Å². The van der Waals surface area contributed by atoms with Gasteiger partial charge in [-0.05, 0) is 34.1 Å². The van der Waals surface area contributed by atoms with Crippen molar-refractivity contribution in [2.24, 2.45) is 5.41 Å². The van der Waals surface area contributed by atoms with Crippen LogP contribution in [-0.4, -0.2) is 30.4 Å². The Labute approximate surface area is 120 Å². The Kier molecular flexibility index (Phi) is 7.18. The van der Waals surface area contributed by atoms with Crippen LogP contribution in [0.15, 0.2) is 12.2 Å². The standard InChI is InChI=1S/C15H24O5/c1-7-15(5,6)14(18)20-12(8-9-16)11(4)19-13(17)10(2)3/h9,11-12H,2,7-8H2,1,3-6H3. The first-order valence-corrected chi connectivity index (χ1v) is 6.66. The number of carbonyl (C=O) groups excluding carboxylic acids is 3. The summed E-state index contributed by atoms with van der Waals surface area (Å²) in [7, 11) is 0. The van der Waals surface area contributed by atoms with Crippen molar-refractivity contribution in [1.29, 1.82) is 0 Å². The monoisotopic (exact) mass is 284 g/mol. The lowest BCUT2D eigenvalue weighted by atomic mass is 9.90. The zero-order valence-electron chi connectivity index (χ0n) is 12.9. The summed E-state index contributed by atoms with van der Waals surface area (Å²) in [4.78, 5) is 34.1. The predicted molar refractivity (Wildman–Crippen MR) is 75.0 cm³/mol. The molecule has 0 saturated heterocycles. The second-order valence-electron chi connectivity index (χ2n) is 5.47. The minimum atomic E-state index is -0.783. The summed E-state index contributed by atoms with van der Waals surface area (Å²) in [5.74, 6) is -0.982. The molecular formula is C15H24O5. The number of carbonyl (C=O) groups is 3. The minimum absolute atomic E-state index is 0.0177. The molecule has 0 rings (SSSR count). The molecule has 114 valence electrons.